The molecule has 0 spiro atoms. The summed E-state index contributed by atoms with van der Waals surface area (Å²) in [6.07, 6.45) is 3.31. The summed E-state index contributed by atoms with van der Waals surface area (Å²) >= 11 is 0. The van der Waals surface area contributed by atoms with E-state index in [1.807, 2.05) is 13.8 Å². The molecule has 5 nitrogen and oxygen atoms in total. The molecule has 2 aromatic carbocycles. The Morgan fingerprint density at radius 1 is 0.971 bits per heavy atom. The average molecular weight is 490 g/mol. The minimum Gasteiger partial charge on any atom is -0.394 e. The van der Waals surface area contributed by atoms with Gasteiger partial charge in [0.2, 0.25) is 0 Å². The van der Waals surface area contributed by atoms with E-state index in [1.54, 1.807) is 0 Å². The zero-order valence-electron chi connectivity index (χ0n) is 21.0. The highest BCUT2D eigenvalue weighted by atomic mass is 32.2. The van der Waals surface area contributed by atoms with Gasteiger partial charge in [-0.1, -0.05) is 42.5 Å². The number of aliphatic hydroxyl groups excluding tert-OH is 4. The lowest BCUT2D eigenvalue weighted by Crippen LogP contribution is -2.47. The highest BCUT2D eigenvalue weighted by Crippen LogP contribution is 2.48. The van der Waals surface area contributed by atoms with E-state index in [4.69, 9.17) is 0 Å². The molecule has 0 amide bonds. The first-order valence-electron chi connectivity index (χ1n) is 12.4. The predicted molar refractivity (Wildman–Crippen MR) is 143 cm³/mol. The number of unbranched alkanes of at least 4 members (excludes halogenated alkanes) is 1. The van der Waals surface area contributed by atoms with Gasteiger partial charge >= 0.3 is 0 Å². The summed E-state index contributed by atoms with van der Waals surface area (Å²) < 4.78 is 0. The van der Waals surface area contributed by atoms with Crippen molar-refractivity contribution < 1.29 is 20.4 Å². The first-order valence-corrected chi connectivity index (χ1v) is 14.4. The van der Waals surface area contributed by atoms with Crippen LogP contribution in [0.15, 0.2) is 42.5 Å². The Morgan fingerprint density at radius 3 is 2.32 bits per heavy atom. The number of nitrogens with one attached hydrogen (secondary N) is 1. The van der Waals surface area contributed by atoms with E-state index in [1.165, 1.54) is 22.3 Å². The third-order valence-corrected chi connectivity index (χ3v) is 9.54. The molecule has 5 atom stereocenters. The van der Waals surface area contributed by atoms with Crippen LogP contribution in [0.2, 0.25) is 0 Å². The fourth-order valence-corrected chi connectivity index (χ4v) is 7.09. The standard InChI is InChI=1S/C28H43NO4S/c1-19-8-13-22(27-26(33)25(32)24(31)17-34(27)4)16-23(19)15-21-11-9-20(10-12-21)7-5-6-14-29-28(2,3)18-30/h8-13,16,24-27,29-34H,5-7,14-15,17-18H2,1-4H3/t24-,25-,26-,27+/m1/s1. The molecule has 3 rings (SSSR count). The Balaban J connectivity index is 1.59. The third kappa shape index (κ3) is 7.06. The van der Waals surface area contributed by atoms with Crippen LogP contribution in [0, 0.1) is 6.92 Å². The van der Waals surface area contributed by atoms with Crippen LogP contribution < -0.4 is 5.32 Å². The van der Waals surface area contributed by atoms with Crippen LogP contribution in [0.25, 0.3) is 0 Å². The molecule has 1 aliphatic rings. The molecular weight excluding hydrogens is 446 g/mol. The molecule has 1 heterocycles. The maximum Gasteiger partial charge on any atom is 0.108 e. The molecule has 1 fully saturated rings. The van der Waals surface area contributed by atoms with Crippen LogP contribution in [-0.4, -0.2) is 69.4 Å². The number of hydrogen-bond donors (Lipinski definition) is 6. The van der Waals surface area contributed by atoms with E-state index in [0.717, 1.165) is 37.8 Å². The van der Waals surface area contributed by atoms with Crippen molar-refractivity contribution in [3.63, 3.8) is 0 Å². The van der Waals surface area contributed by atoms with Crippen molar-refractivity contribution in [3.05, 3.63) is 70.3 Å². The van der Waals surface area contributed by atoms with E-state index >= 15 is 0 Å². The molecule has 0 aromatic heterocycles. The third-order valence-electron chi connectivity index (χ3n) is 7.04. The van der Waals surface area contributed by atoms with E-state index in [9.17, 15) is 20.4 Å². The predicted octanol–water partition coefficient (Wildman–Crippen LogP) is 3.04. The van der Waals surface area contributed by atoms with Gasteiger partial charge in [0.15, 0.2) is 0 Å². The monoisotopic (exact) mass is 489 g/mol. The fraction of sp³-hybridized carbons (Fsp3) is 0.571. The number of benzene rings is 2. The second kappa shape index (κ2) is 12.0. The quantitative estimate of drug-likeness (QED) is 0.228. The van der Waals surface area contributed by atoms with Crippen LogP contribution >= 0.6 is 10.9 Å². The molecule has 5 N–H and O–H groups in total. The number of rotatable bonds is 10. The van der Waals surface area contributed by atoms with Crippen molar-refractivity contribution in [1.29, 1.82) is 0 Å². The first kappa shape index (κ1) is 27.2. The van der Waals surface area contributed by atoms with Gasteiger partial charge in [0.25, 0.3) is 0 Å². The smallest absolute Gasteiger partial charge is 0.108 e. The topological polar surface area (TPSA) is 93.0 Å². The fourth-order valence-electron chi connectivity index (χ4n) is 4.69. The van der Waals surface area contributed by atoms with Crippen molar-refractivity contribution in [3.8, 4) is 0 Å². The second-order valence-corrected chi connectivity index (χ2v) is 13.0. The molecule has 1 aliphatic heterocycles. The van der Waals surface area contributed by atoms with E-state index < -0.39 is 29.2 Å². The van der Waals surface area contributed by atoms with Crippen LogP contribution in [0.1, 0.15) is 59.8 Å². The Kier molecular flexibility index (Phi) is 9.61. The van der Waals surface area contributed by atoms with Gasteiger partial charge in [-0.25, -0.2) is 10.9 Å². The van der Waals surface area contributed by atoms with Crippen LogP contribution in [0.5, 0.6) is 0 Å². The Bertz CT molecular complexity index is 917. The van der Waals surface area contributed by atoms with E-state index in [0.29, 0.717) is 5.75 Å². The lowest BCUT2D eigenvalue weighted by atomic mass is 9.93. The molecule has 2 aromatic rings. The molecule has 34 heavy (non-hydrogen) atoms. The highest BCUT2D eigenvalue weighted by molar-refractivity contribution is 8.16. The first-order chi connectivity index (χ1) is 16.1. The Morgan fingerprint density at radius 2 is 1.65 bits per heavy atom. The van der Waals surface area contributed by atoms with Crippen molar-refractivity contribution in [1.82, 2.24) is 5.32 Å². The van der Waals surface area contributed by atoms with Gasteiger partial charge in [0, 0.05) is 16.5 Å². The summed E-state index contributed by atoms with van der Waals surface area (Å²) in [5, 5.41) is 43.5. The van der Waals surface area contributed by atoms with Crippen LogP contribution in [0.3, 0.4) is 0 Å². The minimum absolute atomic E-state index is 0.118. The summed E-state index contributed by atoms with van der Waals surface area (Å²) in [6, 6.07) is 15.2. The second-order valence-electron chi connectivity index (χ2n) is 10.5. The molecule has 0 saturated carbocycles. The number of aliphatic hydroxyl groups is 4. The molecule has 0 bridgehead atoms. The summed E-state index contributed by atoms with van der Waals surface area (Å²) in [7, 11) is -0.616. The molecule has 190 valence electrons. The zero-order chi connectivity index (χ0) is 24.9. The lowest BCUT2D eigenvalue weighted by molar-refractivity contribution is -0.0561. The molecular formula is C28H43NO4S. The van der Waals surface area contributed by atoms with Crippen LogP contribution in [-0.2, 0) is 12.8 Å². The molecule has 1 saturated heterocycles. The molecule has 0 aliphatic carbocycles. The normalized spacial score (nSPS) is 26.5. The zero-order valence-corrected chi connectivity index (χ0v) is 21.9. The van der Waals surface area contributed by atoms with Gasteiger partial charge in [-0.2, -0.15) is 0 Å². The van der Waals surface area contributed by atoms with Gasteiger partial charge in [0.05, 0.1) is 18.8 Å². The summed E-state index contributed by atoms with van der Waals surface area (Å²) in [5.41, 5.74) is 5.89. The van der Waals surface area contributed by atoms with Crippen molar-refractivity contribution in [2.75, 3.05) is 25.2 Å². The van der Waals surface area contributed by atoms with E-state index in [2.05, 4.69) is 61.0 Å². The van der Waals surface area contributed by atoms with Gasteiger partial charge in [-0.15, -0.1) is 0 Å². The van der Waals surface area contributed by atoms with Crippen molar-refractivity contribution in [2.24, 2.45) is 0 Å². The van der Waals surface area contributed by atoms with Gasteiger partial charge in [-0.3, -0.25) is 0 Å². The van der Waals surface area contributed by atoms with Gasteiger partial charge in [0.1, 0.15) is 6.10 Å². The molecule has 1 unspecified atom stereocenters. The van der Waals surface area contributed by atoms with Crippen molar-refractivity contribution >= 4 is 10.9 Å². The maximum atomic E-state index is 10.7. The molecule has 0 radical (unpaired) electrons. The Labute approximate surface area is 207 Å². The SMILES string of the molecule is Cc1ccc([C@H]2[C@H](O)[C@H](O)[C@H](O)C[SH]2C)cc1Cc1ccc(CCCCNC(C)(C)CO)cc1. The minimum atomic E-state index is -1.09. The summed E-state index contributed by atoms with van der Waals surface area (Å²) in [6.45, 7) is 7.19. The number of hydrogen-bond acceptors (Lipinski definition) is 5. The number of aryl methyl sites for hydroxylation is 2. The Hall–Kier alpha value is -1.41. The average Bonchev–Trinajstić information content (AvgIpc) is 2.80. The van der Waals surface area contributed by atoms with Gasteiger partial charge < -0.3 is 25.7 Å². The van der Waals surface area contributed by atoms with Crippen molar-refractivity contribution in [2.45, 2.75) is 75.6 Å². The lowest BCUT2D eigenvalue weighted by Gasteiger charge is -2.42. The largest absolute Gasteiger partial charge is 0.394 e. The highest BCUT2D eigenvalue weighted by Gasteiger charge is 2.40. The summed E-state index contributed by atoms with van der Waals surface area (Å²) in [4.78, 5) is 0. The maximum absolute atomic E-state index is 10.7. The van der Waals surface area contributed by atoms with Crippen LogP contribution in [0.4, 0.5) is 0 Å². The molecule has 6 heteroatoms. The van der Waals surface area contributed by atoms with E-state index in [-0.39, 0.29) is 17.4 Å². The number of thiol groups is 1. The summed E-state index contributed by atoms with van der Waals surface area (Å²) in [5.74, 6) is 0.554. The van der Waals surface area contributed by atoms with Gasteiger partial charge in [-0.05, 0) is 87.1 Å².